The van der Waals surface area contributed by atoms with Gasteiger partial charge in [-0.05, 0) is 25.1 Å². The number of rotatable bonds is 6. The van der Waals surface area contributed by atoms with Crippen LogP contribution in [0, 0.1) is 6.92 Å². The lowest BCUT2D eigenvalue weighted by molar-refractivity contribution is 0.542. The van der Waals surface area contributed by atoms with E-state index < -0.39 is 10.0 Å². The Kier molecular flexibility index (Phi) is 4.72. The highest BCUT2D eigenvalue weighted by Gasteiger charge is 2.13. The molecule has 0 spiro atoms. The van der Waals surface area contributed by atoms with Gasteiger partial charge in [-0.15, -0.1) is 5.10 Å². The van der Waals surface area contributed by atoms with E-state index in [2.05, 4.69) is 19.9 Å². The highest BCUT2D eigenvalue weighted by molar-refractivity contribution is 7.89. The molecule has 0 bridgehead atoms. The summed E-state index contributed by atoms with van der Waals surface area (Å²) < 4.78 is 29.5. The summed E-state index contributed by atoms with van der Waals surface area (Å²) in [4.78, 5) is 15.9. The number of aryl methyl sites for hydroxylation is 1. The first-order valence-electron chi connectivity index (χ1n) is 7.45. The molecular weight excluding hydrogens is 344 g/mol. The Morgan fingerprint density at radius 2 is 1.88 bits per heavy atom. The van der Waals surface area contributed by atoms with Crippen LogP contribution < -0.4 is 10.3 Å². The minimum absolute atomic E-state index is 0.0317. The van der Waals surface area contributed by atoms with Crippen LogP contribution in [0.25, 0.3) is 5.82 Å². The predicted octanol–water partition coefficient (Wildman–Crippen LogP) is 0.111. The van der Waals surface area contributed by atoms with Gasteiger partial charge in [0.15, 0.2) is 5.82 Å². The van der Waals surface area contributed by atoms with E-state index in [4.69, 9.17) is 0 Å². The van der Waals surface area contributed by atoms with Crippen molar-refractivity contribution >= 4 is 10.0 Å². The minimum Gasteiger partial charge on any atom is -0.268 e. The molecule has 0 aliphatic carbocycles. The third-order valence-electron chi connectivity index (χ3n) is 3.45. The summed E-state index contributed by atoms with van der Waals surface area (Å²) >= 11 is 0. The molecule has 0 saturated heterocycles. The molecule has 0 saturated carbocycles. The van der Waals surface area contributed by atoms with Crippen molar-refractivity contribution in [2.45, 2.75) is 18.4 Å². The molecule has 3 rings (SSSR count). The summed E-state index contributed by atoms with van der Waals surface area (Å²) in [5.74, 6) is 0.415. The number of benzene rings is 1. The maximum atomic E-state index is 12.2. The maximum Gasteiger partial charge on any atom is 0.266 e. The fourth-order valence-corrected chi connectivity index (χ4v) is 3.15. The molecule has 0 aliphatic heterocycles. The van der Waals surface area contributed by atoms with Gasteiger partial charge in [-0.1, -0.05) is 17.7 Å². The molecule has 0 fully saturated rings. The topological polar surface area (TPSA) is 112 Å². The zero-order valence-corrected chi connectivity index (χ0v) is 14.2. The smallest absolute Gasteiger partial charge is 0.266 e. The van der Waals surface area contributed by atoms with Gasteiger partial charge in [0.25, 0.3) is 5.56 Å². The van der Waals surface area contributed by atoms with Gasteiger partial charge in [0.2, 0.25) is 10.0 Å². The van der Waals surface area contributed by atoms with Gasteiger partial charge in [0, 0.05) is 12.6 Å². The van der Waals surface area contributed by atoms with Crippen LogP contribution in [-0.2, 0) is 16.6 Å². The summed E-state index contributed by atoms with van der Waals surface area (Å²) in [7, 11) is -3.63. The number of sulfonamides is 1. The van der Waals surface area contributed by atoms with Crippen molar-refractivity contribution in [1.82, 2.24) is 29.3 Å². The Balaban J connectivity index is 1.70. The molecule has 130 valence electrons. The van der Waals surface area contributed by atoms with Crippen LogP contribution in [0.15, 0.2) is 58.7 Å². The molecule has 3 aromatic rings. The second-order valence-corrected chi connectivity index (χ2v) is 7.07. The van der Waals surface area contributed by atoms with E-state index >= 15 is 0 Å². The van der Waals surface area contributed by atoms with Crippen LogP contribution in [0.2, 0.25) is 0 Å². The lowest BCUT2D eigenvalue weighted by Crippen LogP contribution is -2.32. The molecule has 2 heterocycles. The van der Waals surface area contributed by atoms with Crippen LogP contribution in [-0.4, -0.2) is 39.5 Å². The van der Waals surface area contributed by atoms with Gasteiger partial charge in [-0.2, -0.15) is 5.10 Å². The normalized spacial score (nSPS) is 11.6. The largest absolute Gasteiger partial charge is 0.268 e. The summed E-state index contributed by atoms with van der Waals surface area (Å²) in [6, 6.07) is 9.38. The molecule has 2 aromatic heterocycles. The van der Waals surface area contributed by atoms with Crippen LogP contribution >= 0.6 is 0 Å². The SMILES string of the molecule is Cc1ccc(S(=O)(=O)NCCn2nc(-n3cncn3)ccc2=O)cc1. The molecule has 0 radical (unpaired) electrons. The molecule has 0 atom stereocenters. The molecule has 0 amide bonds. The first-order valence-corrected chi connectivity index (χ1v) is 8.93. The first kappa shape index (κ1) is 17.0. The van der Waals surface area contributed by atoms with Crippen LogP contribution in [0.3, 0.4) is 0 Å². The molecule has 1 N–H and O–H groups in total. The van der Waals surface area contributed by atoms with Crippen molar-refractivity contribution in [3.63, 3.8) is 0 Å². The van der Waals surface area contributed by atoms with Crippen molar-refractivity contribution in [2.24, 2.45) is 0 Å². The Labute approximate surface area is 144 Å². The van der Waals surface area contributed by atoms with Gasteiger partial charge < -0.3 is 0 Å². The Morgan fingerprint density at radius 1 is 1.12 bits per heavy atom. The number of nitrogens with one attached hydrogen (secondary N) is 1. The number of aromatic nitrogens is 5. The lowest BCUT2D eigenvalue weighted by Gasteiger charge is -2.09. The van der Waals surface area contributed by atoms with E-state index in [0.717, 1.165) is 5.56 Å². The van der Waals surface area contributed by atoms with Gasteiger partial charge in [-0.25, -0.2) is 27.5 Å². The standard InChI is InChI=1S/C15H16N6O3S/c1-12-2-4-13(5-3-12)25(23,24)18-8-9-20-15(22)7-6-14(19-20)21-11-16-10-17-21/h2-7,10-11,18H,8-9H2,1H3. The zero-order valence-electron chi connectivity index (χ0n) is 13.4. The average Bonchev–Trinajstić information content (AvgIpc) is 3.11. The van der Waals surface area contributed by atoms with Gasteiger partial charge >= 0.3 is 0 Å². The Bertz CT molecular complexity index is 1010. The molecule has 25 heavy (non-hydrogen) atoms. The summed E-state index contributed by atoms with van der Waals surface area (Å²) in [6.07, 6.45) is 2.81. The molecule has 0 aliphatic rings. The molecule has 0 unspecified atom stereocenters. The van der Waals surface area contributed by atoms with Crippen LogP contribution in [0.5, 0.6) is 0 Å². The van der Waals surface area contributed by atoms with E-state index in [1.807, 2.05) is 6.92 Å². The Hall–Kier alpha value is -2.85. The first-order chi connectivity index (χ1) is 12.0. The van der Waals surface area contributed by atoms with Crippen molar-refractivity contribution in [2.75, 3.05) is 6.54 Å². The highest BCUT2D eigenvalue weighted by atomic mass is 32.2. The van der Waals surface area contributed by atoms with Crippen LogP contribution in [0.4, 0.5) is 0 Å². The molecule has 1 aromatic carbocycles. The van der Waals surface area contributed by atoms with Crippen molar-refractivity contribution < 1.29 is 8.42 Å². The summed E-state index contributed by atoms with van der Waals surface area (Å²) in [5, 5.41) is 8.09. The number of nitrogens with zero attached hydrogens (tertiary/aromatic N) is 5. The third-order valence-corrected chi connectivity index (χ3v) is 4.93. The number of hydrogen-bond donors (Lipinski definition) is 1. The van der Waals surface area contributed by atoms with Gasteiger partial charge in [0.1, 0.15) is 12.7 Å². The Morgan fingerprint density at radius 3 is 2.56 bits per heavy atom. The van der Waals surface area contributed by atoms with E-state index in [1.165, 1.54) is 46.3 Å². The minimum atomic E-state index is -3.63. The summed E-state index contributed by atoms with van der Waals surface area (Å²) in [6.45, 7) is 2.00. The predicted molar refractivity (Wildman–Crippen MR) is 89.8 cm³/mol. The molecule has 9 nitrogen and oxygen atoms in total. The quantitative estimate of drug-likeness (QED) is 0.668. The second-order valence-electron chi connectivity index (χ2n) is 5.30. The van der Waals surface area contributed by atoms with Gasteiger partial charge in [0.05, 0.1) is 11.4 Å². The van der Waals surface area contributed by atoms with E-state index in [0.29, 0.717) is 5.82 Å². The zero-order chi connectivity index (χ0) is 17.9. The maximum absolute atomic E-state index is 12.2. The average molecular weight is 360 g/mol. The monoisotopic (exact) mass is 360 g/mol. The van der Waals surface area contributed by atoms with Gasteiger partial charge in [-0.3, -0.25) is 4.79 Å². The van der Waals surface area contributed by atoms with Crippen LogP contribution in [0.1, 0.15) is 5.56 Å². The molecular formula is C15H16N6O3S. The fourth-order valence-electron chi connectivity index (χ4n) is 2.13. The summed E-state index contributed by atoms with van der Waals surface area (Å²) in [5.41, 5.74) is 0.637. The lowest BCUT2D eigenvalue weighted by atomic mass is 10.2. The number of hydrogen-bond acceptors (Lipinski definition) is 6. The second kappa shape index (κ2) is 6.95. The molecule has 10 heteroatoms. The van der Waals surface area contributed by atoms with Crippen molar-refractivity contribution in [3.8, 4) is 5.82 Å². The van der Waals surface area contributed by atoms with E-state index in [1.54, 1.807) is 12.1 Å². The third kappa shape index (κ3) is 3.98. The highest BCUT2D eigenvalue weighted by Crippen LogP contribution is 2.09. The van der Waals surface area contributed by atoms with E-state index in [-0.39, 0.29) is 23.5 Å². The van der Waals surface area contributed by atoms with E-state index in [9.17, 15) is 13.2 Å². The fraction of sp³-hybridized carbons (Fsp3) is 0.200. The van der Waals surface area contributed by atoms with Crippen molar-refractivity contribution in [1.29, 1.82) is 0 Å². The van der Waals surface area contributed by atoms with Crippen molar-refractivity contribution in [3.05, 3.63) is 65.0 Å².